The van der Waals surface area contributed by atoms with Gasteiger partial charge in [-0.05, 0) is 42.9 Å². The van der Waals surface area contributed by atoms with Crippen molar-refractivity contribution in [1.82, 2.24) is 19.4 Å². The molecule has 3 N–H and O–H groups in total. The van der Waals surface area contributed by atoms with E-state index in [9.17, 15) is 14.4 Å². The number of nitrogens with two attached hydrogens (primary N) is 1. The predicted octanol–water partition coefficient (Wildman–Crippen LogP) is 2.41. The molecule has 4 rings (SSSR count). The van der Waals surface area contributed by atoms with Gasteiger partial charge in [-0.3, -0.25) is 9.59 Å². The van der Waals surface area contributed by atoms with E-state index in [0.717, 1.165) is 23.7 Å². The molecule has 0 bridgehead atoms. The van der Waals surface area contributed by atoms with Crippen LogP contribution in [-0.2, 0) is 0 Å². The van der Waals surface area contributed by atoms with Gasteiger partial charge in [0.25, 0.3) is 11.1 Å². The van der Waals surface area contributed by atoms with Gasteiger partial charge in [0.15, 0.2) is 5.75 Å². The molecule has 1 atom stereocenters. The van der Waals surface area contributed by atoms with E-state index < -0.39 is 11.2 Å². The molecule has 0 radical (unpaired) electrons. The van der Waals surface area contributed by atoms with Crippen molar-refractivity contribution < 1.29 is 6.11 Å². The number of nitrogens with one attached hydrogen (secondary N) is 1. The van der Waals surface area contributed by atoms with E-state index in [-0.39, 0.29) is 39.0 Å². The zero-order chi connectivity index (χ0) is 22.4. The molecule has 30 heavy (non-hydrogen) atoms. The Bertz CT molecular complexity index is 1360. The summed E-state index contributed by atoms with van der Waals surface area (Å²) in [7, 11) is 0. The molecule has 9 nitrogen and oxygen atoms in total. The van der Waals surface area contributed by atoms with Gasteiger partial charge in [0.1, 0.15) is 11.9 Å². The van der Waals surface area contributed by atoms with Crippen LogP contribution in [-0.4, -0.2) is 19.4 Å². The van der Waals surface area contributed by atoms with Gasteiger partial charge in [-0.15, -0.1) is 0 Å². The van der Waals surface area contributed by atoms with Crippen LogP contribution in [0.15, 0.2) is 45.0 Å². The molecule has 2 aromatic heterocycles. The van der Waals surface area contributed by atoms with Gasteiger partial charge in [0.05, 0.1) is 17.1 Å². The topological polar surface area (TPSA) is 125 Å². The van der Waals surface area contributed by atoms with E-state index in [1.54, 1.807) is 6.07 Å². The highest BCUT2D eigenvalue weighted by molar-refractivity contribution is 6.37. The van der Waals surface area contributed by atoms with Crippen LogP contribution in [0.1, 0.15) is 32.6 Å². The van der Waals surface area contributed by atoms with Crippen LogP contribution >= 0.6 is 23.2 Å². The highest BCUT2D eigenvalue weighted by Gasteiger charge is 2.30. The van der Waals surface area contributed by atoms with Gasteiger partial charge in [-0.25, -0.2) is 4.79 Å². The van der Waals surface area contributed by atoms with Gasteiger partial charge in [-0.2, -0.15) is 14.5 Å². The molecule has 0 amide bonds. The van der Waals surface area contributed by atoms with E-state index in [0.29, 0.717) is 21.9 Å². The van der Waals surface area contributed by atoms with Crippen LogP contribution in [0.2, 0.25) is 10.0 Å². The molecule has 2 heterocycles. The van der Waals surface area contributed by atoms with Crippen LogP contribution in [0, 0.1) is 5.92 Å². The number of hydrogen-bond donors (Lipinski definition) is 2. The van der Waals surface area contributed by atoms with E-state index >= 15 is 0 Å². The molecular weight excluding hydrogens is 433 g/mol. The number of halogens is 2. The van der Waals surface area contributed by atoms with E-state index in [1.807, 2.05) is 6.92 Å². The summed E-state index contributed by atoms with van der Waals surface area (Å²) in [4.78, 5) is 38.6. The Morgan fingerprint density at radius 1 is 1.30 bits per heavy atom. The molecule has 1 saturated carbocycles. The second kappa shape index (κ2) is 7.66. The van der Waals surface area contributed by atoms with Gasteiger partial charge in [-0.1, -0.05) is 30.1 Å². The molecule has 3 aromatic rings. The zero-order valence-corrected chi connectivity index (χ0v) is 17.2. The summed E-state index contributed by atoms with van der Waals surface area (Å²) in [5.41, 5.74) is -1.46. The smallest absolute Gasteiger partial charge is 0.370 e. The fourth-order valence-corrected chi connectivity index (χ4v) is 3.65. The van der Waals surface area contributed by atoms with E-state index in [2.05, 4.69) is 10.1 Å². The van der Waals surface area contributed by atoms with Crippen molar-refractivity contribution in [2.45, 2.75) is 25.7 Å². The van der Waals surface area contributed by atoms with Crippen molar-refractivity contribution in [3.63, 3.8) is 0 Å². The number of nitrogens with zero attached hydrogens (tertiary/aromatic N) is 3. The number of aromatic amines is 1. The molecule has 1 unspecified atom stereocenters. The molecule has 1 aromatic carbocycles. The molecular formula is C19H17Cl2N5O4. The lowest BCUT2D eigenvalue weighted by atomic mass is 9.98. The average molecular weight is 451 g/mol. The SMILES string of the molecule is [2H]c1c(-n2ncc(=O)n(N)c2=O)cc(Cl)c(Oc2c[nH]c(=O)c(C(C)C3CC3)c2)c1Cl. The first-order valence-corrected chi connectivity index (χ1v) is 9.80. The maximum absolute atomic E-state index is 12.2. The number of nitrogen functional groups attached to an aromatic ring is 1. The normalized spacial score (nSPS) is 15.0. The summed E-state index contributed by atoms with van der Waals surface area (Å²) in [6.45, 7) is 1.99. The standard InChI is InChI=1S/C19H17Cl2N5O4/c1-9(10-2-3-10)13-6-12(7-23-18(13)28)30-17-14(20)4-11(5-15(17)21)26-19(29)25(22)16(27)8-24-26/h4-10H,2-3,22H2,1H3,(H,23,28)/i4D. The fraction of sp³-hybridized carbons (Fsp3) is 0.263. The Labute approximate surface area is 181 Å². The third-order valence-electron chi connectivity index (χ3n) is 5.00. The first kappa shape index (κ1) is 19.0. The lowest BCUT2D eigenvalue weighted by molar-refractivity contribution is 0.477. The number of hydrogen-bond acceptors (Lipinski definition) is 6. The number of rotatable bonds is 5. The maximum Gasteiger partial charge on any atom is 0.370 e. The molecule has 1 aliphatic carbocycles. The van der Waals surface area contributed by atoms with Gasteiger partial charge >= 0.3 is 5.69 Å². The second-order valence-electron chi connectivity index (χ2n) is 7.04. The van der Waals surface area contributed by atoms with Gasteiger partial charge in [0, 0.05) is 11.8 Å². The highest BCUT2D eigenvalue weighted by Crippen LogP contribution is 2.42. The fourth-order valence-electron chi connectivity index (χ4n) is 3.13. The first-order valence-electron chi connectivity index (χ1n) is 9.55. The van der Waals surface area contributed by atoms with Crippen molar-refractivity contribution in [2.24, 2.45) is 5.92 Å². The van der Waals surface area contributed by atoms with Crippen LogP contribution in [0.25, 0.3) is 5.69 Å². The average Bonchev–Trinajstić information content (AvgIpc) is 3.58. The maximum atomic E-state index is 12.2. The van der Waals surface area contributed by atoms with Crippen LogP contribution in [0.3, 0.4) is 0 Å². The first-order chi connectivity index (χ1) is 14.7. The number of aromatic nitrogens is 4. The van der Waals surface area contributed by atoms with E-state index in [4.69, 9.17) is 35.2 Å². The Hall–Kier alpha value is -3.04. The zero-order valence-electron chi connectivity index (χ0n) is 16.7. The summed E-state index contributed by atoms with van der Waals surface area (Å²) in [6, 6.07) is 2.57. The Kier molecular flexibility index (Phi) is 4.84. The summed E-state index contributed by atoms with van der Waals surface area (Å²) < 4.78 is 15.2. The Morgan fingerprint density at radius 2 is 2.03 bits per heavy atom. The monoisotopic (exact) mass is 450 g/mol. The van der Waals surface area contributed by atoms with Crippen molar-refractivity contribution in [3.05, 3.63) is 77.4 Å². The van der Waals surface area contributed by atoms with Crippen molar-refractivity contribution in [2.75, 3.05) is 5.84 Å². The summed E-state index contributed by atoms with van der Waals surface area (Å²) in [6.07, 6.45) is 4.37. The molecule has 156 valence electrons. The molecule has 1 fully saturated rings. The highest BCUT2D eigenvalue weighted by atomic mass is 35.5. The molecule has 0 spiro atoms. The molecule has 0 saturated heterocycles. The number of benzene rings is 1. The third-order valence-corrected chi connectivity index (χ3v) is 5.55. The number of H-pyrrole nitrogens is 1. The van der Waals surface area contributed by atoms with E-state index in [1.165, 1.54) is 12.3 Å². The quantitative estimate of drug-likeness (QED) is 0.574. The summed E-state index contributed by atoms with van der Waals surface area (Å²) in [5.74, 6) is 6.23. The van der Waals surface area contributed by atoms with Crippen LogP contribution < -0.4 is 27.4 Å². The molecule has 11 heteroatoms. The minimum absolute atomic E-state index is 0.0116. The lowest BCUT2D eigenvalue weighted by Crippen LogP contribution is -2.44. The third kappa shape index (κ3) is 3.73. The van der Waals surface area contributed by atoms with Crippen molar-refractivity contribution in [3.8, 4) is 17.2 Å². The summed E-state index contributed by atoms with van der Waals surface area (Å²) >= 11 is 12.6. The van der Waals surface area contributed by atoms with Crippen LogP contribution in [0.4, 0.5) is 0 Å². The van der Waals surface area contributed by atoms with Crippen LogP contribution in [0.5, 0.6) is 11.5 Å². The molecule has 0 aliphatic heterocycles. The predicted molar refractivity (Wildman–Crippen MR) is 113 cm³/mol. The minimum atomic E-state index is -0.971. The second-order valence-corrected chi connectivity index (χ2v) is 7.83. The Balaban J connectivity index is 1.75. The Morgan fingerprint density at radius 3 is 2.73 bits per heavy atom. The minimum Gasteiger partial charge on any atom is -0.453 e. The lowest BCUT2D eigenvalue weighted by Gasteiger charge is -2.14. The largest absolute Gasteiger partial charge is 0.453 e. The number of pyridine rings is 1. The summed E-state index contributed by atoms with van der Waals surface area (Å²) in [5, 5.41) is 3.50. The number of ether oxygens (including phenoxy) is 1. The van der Waals surface area contributed by atoms with Crippen molar-refractivity contribution >= 4 is 23.2 Å². The van der Waals surface area contributed by atoms with Crippen molar-refractivity contribution in [1.29, 1.82) is 0 Å². The van der Waals surface area contributed by atoms with Gasteiger partial charge in [0.2, 0.25) is 0 Å². The van der Waals surface area contributed by atoms with Gasteiger partial charge < -0.3 is 15.6 Å². The molecule has 1 aliphatic rings.